The molecule has 0 atom stereocenters. The minimum absolute atomic E-state index is 0.403. The van der Waals surface area contributed by atoms with Crippen molar-refractivity contribution >= 4 is 11.4 Å². The second-order valence-electron chi connectivity index (χ2n) is 6.02. The standard InChI is InChI=1S/C17H24N4/c1-14(2)21-13-16(12-19-21)18-11-15-5-7-17(8-6-15)20-9-3-4-10-20/h5-8,12-14,18H,3-4,9-11H2,1-2H3. The van der Waals surface area contributed by atoms with Crippen molar-refractivity contribution < 1.29 is 0 Å². The molecule has 0 saturated carbocycles. The molecule has 1 saturated heterocycles. The topological polar surface area (TPSA) is 33.1 Å². The minimum Gasteiger partial charge on any atom is -0.378 e. The van der Waals surface area contributed by atoms with Crippen LogP contribution >= 0.6 is 0 Å². The van der Waals surface area contributed by atoms with Gasteiger partial charge in [0.25, 0.3) is 0 Å². The van der Waals surface area contributed by atoms with Crippen LogP contribution in [0.15, 0.2) is 36.7 Å². The molecule has 0 radical (unpaired) electrons. The fourth-order valence-corrected chi connectivity index (χ4v) is 2.72. The molecule has 0 amide bonds. The van der Waals surface area contributed by atoms with E-state index in [1.165, 1.54) is 37.2 Å². The summed E-state index contributed by atoms with van der Waals surface area (Å²) in [4.78, 5) is 2.46. The number of hydrogen-bond donors (Lipinski definition) is 1. The number of rotatable bonds is 5. The first kappa shape index (κ1) is 14.0. The quantitative estimate of drug-likeness (QED) is 0.909. The molecule has 21 heavy (non-hydrogen) atoms. The molecule has 1 N–H and O–H groups in total. The van der Waals surface area contributed by atoms with Crippen LogP contribution in [0.1, 0.15) is 38.3 Å². The molecule has 112 valence electrons. The first-order valence-electron chi connectivity index (χ1n) is 7.84. The highest BCUT2D eigenvalue weighted by Gasteiger charge is 2.11. The highest BCUT2D eigenvalue weighted by atomic mass is 15.3. The lowest BCUT2D eigenvalue weighted by molar-refractivity contribution is 0.532. The van der Waals surface area contributed by atoms with Crippen molar-refractivity contribution in [2.45, 2.75) is 39.3 Å². The summed E-state index contributed by atoms with van der Waals surface area (Å²) in [6.07, 6.45) is 6.59. The normalized spacial score (nSPS) is 14.9. The Kier molecular flexibility index (Phi) is 4.13. The Labute approximate surface area is 126 Å². The third-order valence-electron chi connectivity index (χ3n) is 4.03. The van der Waals surface area contributed by atoms with E-state index < -0.39 is 0 Å². The first-order valence-corrected chi connectivity index (χ1v) is 7.84. The van der Waals surface area contributed by atoms with Gasteiger partial charge in [0.05, 0.1) is 11.9 Å². The van der Waals surface area contributed by atoms with Crippen molar-refractivity contribution in [3.05, 3.63) is 42.2 Å². The Balaban J connectivity index is 1.57. The van der Waals surface area contributed by atoms with Crippen molar-refractivity contribution in [2.75, 3.05) is 23.3 Å². The number of nitrogens with one attached hydrogen (secondary N) is 1. The molecule has 4 heteroatoms. The molecule has 4 nitrogen and oxygen atoms in total. The van der Waals surface area contributed by atoms with E-state index in [1.54, 1.807) is 0 Å². The van der Waals surface area contributed by atoms with Gasteiger partial charge in [-0.15, -0.1) is 0 Å². The number of hydrogen-bond acceptors (Lipinski definition) is 3. The van der Waals surface area contributed by atoms with Crippen LogP contribution in [0.25, 0.3) is 0 Å². The van der Waals surface area contributed by atoms with Gasteiger partial charge in [0.1, 0.15) is 0 Å². The smallest absolute Gasteiger partial charge is 0.0729 e. The predicted octanol–water partition coefficient (Wildman–Crippen LogP) is 3.68. The molecule has 1 fully saturated rings. The Bertz CT molecular complexity index is 565. The van der Waals surface area contributed by atoms with Crippen molar-refractivity contribution in [3.63, 3.8) is 0 Å². The molecule has 0 bridgehead atoms. The zero-order valence-corrected chi connectivity index (χ0v) is 12.9. The zero-order valence-electron chi connectivity index (χ0n) is 12.9. The van der Waals surface area contributed by atoms with Crippen LogP contribution in [0.5, 0.6) is 0 Å². The first-order chi connectivity index (χ1) is 10.2. The Morgan fingerprint density at radius 3 is 2.48 bits per heavy atom. The predicted molar refractivity (Wildman–Crippen MR) is 87.8 cm³/mol. The van der Waals surface area contributed by atoms with E-state index in [9.17, 15) is 0 Å². The molecule has 1 aromatic carbocycles. The largest absolute Gasteiger partial charge is 0.378 e. The fourth-order valence-electron chi connectivity index (χ4n) is 2.72. The second kappa shape index (κ2) is 6.20. The summed E-state index contributed by atoms with van der Waals surface area (Å²) in [5.41, 5.74) is 3.73. The van der Waals surface area contributed by atoms with E-state index in [4.69, 9.17) is 0 Å². The summed E-state index contributed by atoms with van der Waals surface area (Å²) >= 11 is 0. The van der Waals surface area contributed by atoms with Crippen molar-refractivity contribution in [3.8, 4) is 0 Å². The van der Waals surface area contributed by atoms with Crippen LogP contribution < -0.4 is 10.2 Å². The van der Waals surface area contributed by atoms with Crippen LogP contribution in [0.3, 0.4) is 0 Å². The van der Waals surface area contributed by atoms with Crippen molar-refractivity contribution in [1.29, 1.82) is 0 Å². The lowest BCUT2D eigenvalue weighted by Crippen LogP contribution is -2.17. The van der Waals surface area contributed by atoms with Gasteiger partial charge < -0.3 is 10.2 Å². The number of aromatic nitrogens is 2. The average molecular weight is 284 g/mol. The van der Waals surface area contributed by atoms with E-state index in [-0.39, 0.29) is 0 Å². The van der Waals surface area contributed by atoms with Gasteiger partial charge in [0, 0.05) is 37.6 Å². The van der Waals surface area contributed by atoms with Gasteiger partial charge in [0.15, 0.2) is 0 Å². The zero-order chi connectivity index (χ0) is 14.7. The molecular weight excluding hydrogens is 260 g/mol. The van der Waals surface area contributed by atoms with Crippen molar-refractivity contribution in [1.82, 2.24) is 9.78 Å². The lowest BCUT2D eigenvalue weighted by Gasteiger charge is -2.17. The van der Waals surface area contributed by atoms with Gasteiger partial charge in [-0.25, -0.2) is 0 Å². The van der Waals surface area contributed by atoms with Gasteiger partial charge in [-0.1, -0.05) is 12.1 Å². The molecule has 0 spiro atoms. The summed E-state index contributed by atoms with van der Waals surface area (Å²) in [7, 11) is 0. The maximum atomic E-state index is 4.34. The lowest BCUT2D eigenvalue weighted by atomic mass is 10.2. The molecular formula is C17H24N4. The van der Waals surface area contributed by atoms with E-state index >= 15 is 0 Å². The Morgan fingerprint density at radius 2 is 1.86 bits per heavy atom. The number of benzene rings is 1. The summed E-state index contributed by atoms with van der Waals surface area (Å²) in [5, 5.41) is 7.77. The molecule has 0 unspecified atom stereocenters. The third-order valence-corrected chi connectivity index (χ3v) is 4.03. The van der Waals surface area contributed by atoms with E-state index in [1.807, 2.05) is 10.9 Å². The van der Waals surface area contributed by atoms with Crippen molar-refractivity contribution in [2.24, 2.45) is 0 Å². The van der Waals surface area contributed by atoms with Gasteiger partial charge in [-0.3, -0.25) is 4.68 Å². The third kappa shape index (κ3) is 3.38. The molecule has 1 aliphatic rings. The maximum absolute atomic E-state index is 4.34. The second-order valence-corrected chi connectivity index (χ2v) is 6.02. The summed E-state index contributed by atoms with van der Waals surface area (Å²) in [5.74, 6) is 0. The van der Waals surface area contributed by atoms with Gasteiger partial charge in [-0.2, -0.15) is 5.10 Å². The minimum atomic E-state index is 0.403. The maximum Gasteiger partial charge on any atom is 0.0729 e. The van der Waals surface area contributed by atoms with Crippen LogP contribution in [0, 0.1) is 0 Å². The van der Waals surface area contributed by atoms with Gasteiger partial charge in [-0.05, 0) is 44.4 Å². The molecule has 0 aliphatic carbocycles. The van der Waals surface area contributed by atoms with E-state index in [0.717, 1.165) is 12.2 Å². The van der Waals surface area contributed by atoms with Crippen LogP contribution in [-0.2, 0) is 6.54 Å². The van der Waals surface area contributed by atoms with E-state index in [0.29, 0.717) is 6.04 Å². The molecule has 1 aromatic heterocycles. The number of anilines is 2. The van der Waals surface area contributed by atoms with Gasteiger partial charge in [0.2, 0.25) is 0 Å². The summed E-state index contributed by atoms with van der Waals surface area (Å²) < 4.78 is 1.97. The highest BCUT2D eigenvalue weighted by molar-refractivity contribution is 5.49. The molecule has 1 aliphatic heterocycles. The Morgan fingerprint density at radius 1 is 1.14 bits per heavy atom. The highest BCUT2D eigenvalue weighted by Crippen LogP contribution is 2.21. The molecule has 3 rings (SSSR count). The van der Waals surface area contributed by atoms with Crippen LogP contribution in [0.2, 0.25) is 0 Å². The Hall–Kier alpha value is -1.97. The van der Waals surface area contributed by atoms with E-state index in [2.05, 4.69) is 59.6 Å². The fraction of sp³-hybridized carbons (Fsp3) is 0.471. The van der Waals surface area contributed by atoms with Gasteiger partial charge >= 0.3 is 0 Å². The monoisotopic (exact) mass is 284 g/mol. The molecule has 2 heterocycles. The van der Waals surface area contributed by atoms with Crippen LogP contribution in [0.4, 0.5) is 11.4 Å². The summed E-state index contributed by atoms with van der Waals surface area (Å²) in [6.45, 7) is 7.50. The van der Waals surface area contributed by atoms with Crippen LogP contribution in [-0.4, -0.2) is 22.9 Å². The summed E-state index contributed by atoms with van der Waals surface area (Å²) in [6, 6.07) is 9.31. The SMILES string of the molecule is CC(C)n1cc(NCc2ccc(N3CCCC3)cc2)cn1. The molecule has 2 aromatic rings. The number of nitrogens with zero attached hydrogens (tertiary/aromatic N) is 3. The average Bonchev–Trinajstić information content (AvgIpc) is 3.17.